The van der Waals surface area contributed by atoms with Gasteiger partial charge >= 0.3 is 0 Å². The zero-order valence-electron chi connectivity index (χ0n) is 13.5. The first-order chi connectivity index (χ1) is 11.6. The van der Waals surface area contributed by atoms with Crippen LogP contribution >= 0.6 is 0 Å². The number of nitrogens with zero attached hydrogens (tertiary/aromatic N) is 1. The van der Waals surface area contributed by atoms with Crippen molar-refractivity contribution in [3.05, 3.63) is 71.5 Å². The molecule has 1 amide bonds. The normalized spacial score (nSPS) is 14.0. The van der Waals surface area contributed by atoms with Gasteiger partial charge in [0.2, 0.25) is 0 Å². The molecule has 0 unspecified atom stereocenters. The van der Waals surface area contributed by atoms with E-state index in [1.807, 2.05) is 42.5 Å². The van der Waals surface area contributed by atoms with E-state index in [-0.39, 0.29) is 0 Å². The average molecular weight is 327 g/mol. The smallest absolute Gasteiger partial charge is 0.274 e. The summed E-state index contributed by atoms with van der Waals surface area (Å²) < 4.78 is 5.12. The van der Waals surface area contributed by atoms with Gasteiger partial charge < -0.3 is 9.75 Å². The summed E-state index contributed by atoms with van der Waals surface area (Å²) in [5, 5.41) is 10.2. The number of rotatable bonds is 6. The third-order valence-electron chi connectivity index (χ3n) is 3.50. The second-order valence-corrected chi connectivity index (χ2v) is 5.26. The lowest BCUT2D eigenvalue weighted by Gasteiger charge is -2.15. The van der Waals surface area contributed by atoms with Crippen LogP contribution in [-0.2, 0) is 4.79 Å². The second-order valence-electron chi connectivity index (χ2n) is 5.26. The maximum Gasteiger partial charge on any atom is 0.274 e. The molecule has 126 valence electrons. The number of nitrogens with two attached hydrogens (primary N) is 1. The molecule has 24 heavy (non-hydrogen) atoms. The van der Waals surface area contributed by atoms with Crippen LogP contribution < -0.4 is 16.1 Å². The van der Waals surface area contributed by atoms with E-state index in [0.29, 0.717) is 18.5 Å². The molecular weight excluding hydrogens is 306 g/mol. The van der Waals surface area contributed by atoms with Crippen LogP contribution in [0.2, 0.25) is 0 Å². The van der Waals surface area contributed by atoms with Crippen LogP contribution in [0.25, 0.3) is 6.08 Å². The number of ether oxygens (including phenoxy) is 1. The monoisotopic (exact) mass is 327 g/mol. The van der Waals surface area contributed by atoms with Gasteiger partial charge in [-0.25, -0.2) is 11.3 Å². The molecule has 0 saturated carbocycles. The summed E-state index contributed by atoms with van der Waals surface area (Å²) in [6, 6.07) is 7.66. The Balaban J connectivity index is 1.96. The van der Waals surface area contributed by atoms with E-state index in [4.69, 9.17) is 15.8 Å². The molecule has 0 heterocycles. The molecule has 4 N–H and O–H groups in total. The maximum atomic E-state index is 11.4. The fourth-order valence-corrected chi connectivity index (χ4v) is 2.19. The van der Waals surface area contributed by atoms with Crippen molar-refractivity contribution >= 4 is 12.0 Å². The minimum atomic E-state index is -0.534. The Morgan fingerprint density at radius 1 is 1.38 bits per heavy atom. The lowest BCUT2D eigenvalue weighted by molar-refractivity contribution is -0.124. The number of amides is 1. The maximum absolute atomic E-state index is 11.4. The van der Waals surface area contributed by atoms with Crippen LogP contribution in [0.4, 0.5) is 0 Å². The Morgan fingerprint density at radius 3 is 2.79 bits per heavy atom. The highest BCUT2D eigenvalue weighted by Crippen LogP contribution is 2.14. The number of carbonyl (C=O) groups excluding carboxylic acids is 1. The standard InChI is InChI=1S/C18H21N3O3/c1-24-17-9-6-14(7-10-17)11-12-21(19)13-15-3-2-4-16(8-5-15)18(22)20-23/h2,4-12,23H,3,13,19H2,1H3,(H,20,22)/b12-11+. The summed E-state index contributed by atoms with van der Waals surface area (Å²) in [4.78, 5) is 11.4. The van der Waals surface area contributed by atoms with E-state index in [2.05, 4.69) is 0 Å². The lowest BCUT2D eigenvalue weighted by Crippen LogP contribution is -2.27. The summed E-state index contributed by atoms with van der Waals surface area (Å²) in [5.41, 5.74) is 4.08. The molecule has 1 aromatic rings. The van der Waals surface area contributed by atoms with Gasteiger partial charge in [-0.15, -0.1) is 0 Å². The van der Waals surface area contributed by atoms with Gasteiger partial charge in [-0.05, 0) is 41.8 Å². The third-order valence-corrected chi connectivity index (χ3v) is 3.50. The largest absolute Gasteiger partial charge is 0.497 e. The molecule has 1 aromatic carbocycles. The highest BCUT2D eigenvalue weighted by molar-refractivity contribution is 5.95. The number of hydrogen-bond donors (Lipinski definition) is 3. The minimum absolute atomic E-state index is 0.393. The van der Waals surface area contributed by atoms with Crippen molar-refractivity contribution in [2.45, 2.75) is 6.42 Å². The Kier molecular flexibility index (Phi) is 6.36. The molecule has 0 fully saturated rings. The molecule has 0 bridgehead atoms. The molecule has 0 radical (unpaired) electrons. The van der Waals surface area contributed by atoms with Crippen LogP contribution in [0, 0.1) is 0 Å². The van der Waals surface area contributed by atoms with E-state index < -0.39 is 5.91 Å². The summed E-state index contributed by atoms with van der Waals surface area (Å²) in [7, 11) is 1.63. The summed E-state index contributed by atoms with van der Waals surface area (Å²) in [5.74, 6) is 6.27. The molecule has 0 spiro atoms. The van der Waals surface area contributed by atoms with Gasteiger partial charge in [-0.2, -0.15) is 0 Å². The zero-order chi connectivity index (χ0) is 17.4. The Hall–Kier alpha value is -2.83. The Labute approximate surface area is 141 Å². The second kappa shape index (κ2) is 8.71. The molecule has 0 aromatic heterocycles. The quantitative estimate of drug-likeness (QED) is 0.423. The minimum Gasteiger partial charge on any atom is -0.497 e. The van der Waals surface area contributed by atoms with Gasteiger partial charge in [0.25, 0.3) is 5.91 Å². The van der Waals surface area contributed by atoms with Crippen LogP contribution in [-0.4, -0.2) is 29.8 Å². The van der Waals surface area contributed by atoms with Gasteiger partial charge in [0.05, 0.1) is 13.7 Å². The number of methoxy groups -OCH3 is 1. The van der Waals surface area contributed by atoms with Crippen molar-refractivity contribution in [1.82, 2.24) is 10.5 Å². The van der Waals surface area contributed by atoms with Gasteiger partial charge in [-0.3, -0.25) is 10.0 Å². The van der Waals surface area contributed by atoms with Crippen molar-refractivity contribution in [1.29, 1.82) is 0 Å². The van der Waals surface area contributed by atoms with Crippen LogP contribution in [0.1, 0.15) is 12.0 Å². The van der Waals surface area contributed by atoms with Crippen LogP contribution in [0.3, 0.4) is 0 Å². The number of benzene rings is 1. The Bertz CT molecular complexity index is 688. The molecule has 0 atom stereocenters. The number of hydroxylamine groups is 1. The molecule has 0 aliphatic heterocycles. The highest BCUT2D eigenvalue weighted by Gasteiger charge is 2.07. The van der Waals surface area contributed by atoms with E-state index in [0.717, 1.165) is 16.9 Å². The number of carbonyl (C=O) groups is 1. The van der Waals surface area contributed by atoms with Crippen molar-refractivity contribution < 1.29 is 14.7 Å². The van der Waals surface area contributed by atoms with Crippen molar-refractivity contribution in [2.24, 2.45) is 5.84 Å². The first kappa shape index (κ1) is 17.5. The van der Waals surface area contributed by atoms with Gasteiger partial charge in [0, 0.05) is 11.8 Å². The number of hydrogen-bond acceptors (Lipinski definition) is 5. The van der Waals surface area contributed by atoms with E-state index in [9.17, 15) is 4.79 Å². The van der Waals surface area contributed by atoms with Crippen molar-refractivity contribution in [2.75, 3.05) is 13.7 Å². The zero-order valence-corrected chi connectivity index (χ0v) is 13.5. The number of allylic oxidation sites excluding steroid dienone is 3. The fraction of sp³-hybridized carbons (Fsp3) is 0.167. The first-order valence-corrected chi connectivity index (χ1v) is 7.46. The van der Waals surface area contributed by atoms with E-state index >= 15 is 0 Å². The average Bonchev–Trinajstić information content (AvgIpc) is 2.85. The molecule has 6 heteroatoms. The highest BCUT2D eigenvalue weighted by atomic mass is 16.5. The SMILES string of the molecule is COc1ccc(/C=C/N(N)CC2=CC=C(C(=O)NO)C=CC2)cc1. The number of hydrazine groups is 1. The fourth-order valence-electron chi connectivity index (χ4n) is 2.19. The van der Waals surface area contributed by atoms with E-state index in [1.54, 1.807) is 36.0 Å². The molecule has 1 aliphatic rings. The van der Waals surface area contributed by atoms with Crippen molar-refractivity contribution in [3.63, 3.8) is 0 Å². The topological polar surface area (TPSA) is 87.8 Å². The number of nitrogens with one attached hydrogen (secondary N) is 1. The first-order valence-electron chi connectivity index (χ1n) is 7.46. The molecule has 6 nitrogen and oxygen atoms in total. The van der Waals surface area contributed by atoms with Gasteiger partial charge in [0.15, 0.2) is 0 Å². The van der Waals surface area contributed by atoms with Gasteiger partial charge in [0.1, 0.15) is 5.75 Å². The molecule has 1 aliphatic carbocycles. The Morgan fingerprint density at radius 2 is 2.12 bits per heavy atom. The van der Waals surface area contributed by atoms with Crippen molar-refractivity contribution in [3.8, 4) is 5.75 Å². The lowest BCUT2D eigenvalue weighted by atomic mass is 10.1. The van der Waals surface area contributed by atoms with E-state index in [1.165, 1.54) is 0 Å². The van der Waals surface area contributed by atoms with Crippen LogP contribution in [0.15, 0.2) is 65.9 Å². The van der Waals surface area contributed by atoms with Gasteiger partial charge in [-0.1, -0.05) is 30.4 Å². The predicted octanol–water partition coefficient (Wildman–Crippen LogP) is 2.16. The predicted molar refractivity (Wildman–Crippen MR) is 92.8 cm³/mol. The third kappa shape index (κ3) is 5.12. The molecular formula is C18H21N3O3. The summed E-state index contributed by atoms with van der Waals surface area (Å²) in [6.07, 6.45) is 11.4. The molecule has 2 rings (SSSR count). The molecule has 0 saturated heterocycles. The summed E-state index contributed by atoms with van der Waals surface area (Å²) in [6.45, 7) is 0.529. The summed E-state index contributed by atoms with van der Waals surface area (Å²) >= 11 is 0. The van der Waals surface area contributed by atoms with Crippen LogP contribution in [0.5, 0.6) is 5.75 Å².